The number of hydrogen-bond acceptors (Lipinski definition) is 2. The van der Waals surface area contributed by atoms with Crippen LogP contribution in [-0.2, 0) is 4.79 Å². The third kappa shape index (κ3) is 9.55. The molecule has 0 fully saturated rings. The van der Waals surface area contributed by atoms with Crippen LogP contribution in [-0.4, -0.2) is 44.4 Å². The minimum atomic E-state index is -1.04. The van der Waals surface area contributed by atoms with E-state index in [4.69, 9.17) is 0 Å². The number of ketones is 1. The Bertz CT molecular complexity index is 215. The van der Waals surface area contributed by atoms with Gasteiger partial charge in [-0.25, -0.2) is 0 Å². The zero-order valence-corrected chi connectivity index (χ0v) is 14.6. The molecule has 1 N–H and O–H groups in total. The average Bonchev–Trinajstić information content (AvgIpc) is 2.36. The van der Waals surface area contributed by atoms with Crippen molar-refractivity contribution in [3.8, 4) is 0 Å². The van der Waals surface area contributed by atoms with E-state index < -0.39 is 5.60 Å². The normalized spacial score (nSPS) is 14.5. The van der Waals surface area contributed by atoms with Crippen LogP contribution in [0, 0.1) is 0 Å². The third-order valence-corrected chi connectivity index (χ3v) is 5.17. The van der Waals surface area contributed by atoms with Gasteiger partial charge in [0.05, 0.1) is 0 Å². The molecule has 0 bridgehead atoms. The van der Waals surface area contributed by atoms with Crippen molar-refractivity contribution in [1.29, 1.82) is 0 Å². The second kappa shape index (κ2) is 11.5. The van der Waals surface area contributed by atoms with Crippen LogP contribution in [0.1, 0.15) is 78.1 Å². The summed E-state index contributed by atoms with van der Waals surface area (Å²) in [7, 11) is 0. The Balaban J connectivity index is 3.33. The van der Waals surface area contributed by atoms with Crippen molar-refractivity contribution in [1.82, 2.24) is 0 Å². The molecule has 0 heterocycles. The number of carbonyl (C=O) groups is 1. The second-order valence-corrected chi connectivity index (χ2v) is 6.34. The summed E-state index contributed by atoms with van der Waals surface area (Å²) >= 11 is 0.886. The average molecular weight is 264 g/mol. The van der Waals surface area contributed by atoms with Crippen molar-refractivity contribution >= 4 is 33.7 Å². The summed E-state index contributed by atoms with van der Waals surface area (Å²) in [5, 5.41) is 9.80. The van der Waals surface area contributed by atoms with E-state index in [1.54, 1.807) is 6.92 Å². The summed E-state index contributed by atoms with van der Waals surface area (Å²) in [6.45, 7) is 3.90. The molecule has 0 aromatic heterocycles. The number of hydrogen-bond donors (Lipinski definition) is 1. The monoisotopic (exact) mass is 264 g/mol. The first-order chi connectivity index (χ1) is 8.54. The fourth-order valence-electron chi connectivity index (χ4n) is 2.06. The van der Waals surface area contributed by atoms with Crippen molar-refractivity contribution in [3.63, 3.8) is 0 Å². The Morgan fingerprint density at radius 1 is 1.00 bits per heavy atom. The van der Waals surface area contributed by atoms with Crippen molar-refractivity contribution in [2.24, 2.45) is 0 Å². The molecule has 0 radical (unpaired) electrons. The van der Waals surface area contributed by atoms with E-state index in [9.17, 15) is 9.90 Å². The molecule has 0 spiro atoms. The van der Waals surface area contributed by atoms with Gasteiger partial charge >= 0.3 is 118 Å². The Hall–Kier alpha value is 0.630. The maximum absolute atomic E-state index is 11.7. The van der Waals surface area contributed by atoms with Crippen LogP contribution in [0.5, 0.6) is 0 Å². The molecule has 1 atom stereocenters. The Labute approximate surface area is 130 Å². The Morgan fingerprint density at radius 2 is 1.44 bits per heavy atom. The van der Waals surface area contributed by atoms with E-state index in [0.29, 0.717) is 10.1 Å². The van der Waals surface area contributed by atoms with Gasteiger partial charge in [0.2, 0.25) is 0 Å². The van der Waals surface area contributed by atoms with E-state index in [2.05, 4.69) is 6.92 Å². The predicted molar refractivity (Wildman–Crippen MR) is 78.0 cm³/mol. The molecule has 102 valence electrons. The molecule has 0 aromatic rings. The van der Waals surface area contributed by atoms with Crippen LogP contribution in [0.2, 0.25) is 3.67 Å². The van der Waals surface area contributed by atoms with Gasteiger partial charge in [-0.2, -0.15) is 0 Å². The minimum absolute atomic E-state index is 0.0421. The molecule has 0 amide bonds. The van der Waals surface area contributed by atoms with Crippen LogP contribution in [0.15, 0.2) is 0 Å². The van der Waals surface area contributed by atoms with E-state index in [1.807, 2.05) is 0 Å². The van der Waals surface area contributed by atoms with Crippen molar-refractivity contribution in [3.05, 3.63) is 0 Å². The summed E-state index contributed by atoms with van der Waals surface area (Å²) < 4.78 is 0.656. The molecular formula is C15H29NaO2. The van der Waals surface area contributed by atoms with Gasteiger partial charge in [-0.15, -0.1) is 0 Å². The Morgan fingerprint density at radius 3 is 1.89 bits per heavy atom. The van der Waals surface area contributed by atoms with Crippen LogP contribution >= 0.6 is 0 Å². The number of carbonyl (C=O) groups excluding carboxylic acids is 1. The zero-order chi connectivity index (χ0) is 13.9. The molecule has 0 aromatic carbocycles. The van der Waals surface area contributed by atoms with Crippen LogP contribution < -0.4 is 0 Å². The van der Waals surface area contributed by atoms with Gasteiger partial charge in [0.1, 0.15) is 0 Å². The molecular weight excluding hydrogens is 235 g/mol. The van der Waals surface area contributed by atoms with Gasteiger partial charge in [0, 0.05) is 0 Å². The Kier molecular flexibility index (Phi) is 11.9. The third-order valence-electron chi connectivity index (χ3n) is 3.80. The number of aliphatic hydroxyl groups is 1. The van der Waals surface area contributed by atoms with Gasteiger partial charge in [0.15, 0.2) is 0 Å². The second-order valence-electron chi connectivity index (χ2n) is 5.63. The summed E-state index contributed by atoms with van der Waals surface area (Å²) in [6, 6.07) is 0. The molecule has 18 heavy (non-hydrogen) atoms. The van der Waals surface area contributed by atoms with Gasteiger partial charge in [0.25, 0.3) is 0 Å². The van der Waals surface area contributed by atoms with Crippen LogP contribution in [0.4, 0.5) is 0 Å². The van der Waals surface area contributed by atoms with Crippen molar-refractivity contribution in [2.45, 2.75) is 87.3 Å². The molecule has 0 aliphatic rings. The number of Topliss-reactive ketones (excluding diaryl/α,β-unsaturated/α-hetero) is 1. The maximum atomic E-state index is 11.7. The fourth-order valence-corrected chi connectivity index (χ4v) is 2.46. The summed E-state index contributed by atoms with van der Waals surface area (Å²) in [4.78, 5) is 11.7. The van der Waals surface area contributed by atoms with Gasteiger partial charge < -0.3 is 0 Å². The molecule has 0 saturated carbocycles. The first kappa shape index (κ1) is 18.6. The predicted octanol–water partition coefficient (Wildman–Crippen LogP) is 3.81. The summed E-state index contributed by atoms with van der Waals surface area (Å²) in [6.07, 6.45) is 11.9. The van der Waals surface area contributed by atoms with E-state index in [-0.39, 0.29) is 5.78 Å². The molecule has 0 rings (SSSR count). The number of rotatable bonds is 12. The molecule has 1 unspecified atom stereocenters. The number of unbranched alkanes of at least 4 members (excludes halogenated alkanes) is 8. The molecule has 0 aliphatic heterocycles. The van der Waals surface area contributed by atoms with E-state index in [0.717, 1.165) is 40.8 Å². The van der Waals surface area contributed by atoms with E-state index >= 15 is 0 Å². The van der Waals surface area contributed by atoms with Gasteiger partial charge in [-0.05, 0) is 0 Å². The first-order valence-electron chi connectivity index (χ1n) is 7.80. The summed E-state index contributed by atoms with van der Waals surface area (Å²) in [5.74, 6) is 0.0421. The van der Waals surface area contributed by atoms with Gasteiger partial charge in [-0.1, -0.05) is 13.3 Å². The van der Waals surface area contributed by atoms with Crippen molar-refractivity contribution in [2.75, 3.05) is 0 Å². The molecule has 2 nitrogen and oxygen atoms in total. The fraction of sp³-hybridized carbons (Fsp3) is 0.933. The molecule has 0 saturated heterocycles. The van der Waals surface area contributed by atoms with E-state index in [1.165, 1.54) is 44.9 Å². The quantitative estimate of drug-likeness (QED) is 0.430. The SMILES string of the molecule is CCCCCCCCCCCC(=O)C(C)(O)[CH2][Na]. The molecule has 0 aliphatic carbocycles. The first-order valence-corrected chi connectivity index (χ1v) is 9.21. The standard InChI is InChI=1S/C15H29O2.Na/c1-4-5-6-7-8-9-10-11-12-13-14(16)15(2,3)17;/h17H,2,4-13H2,1,3H3;. The van der Waals surface area contributed by atoms with Crippen LogP contribution in [0.25, 0.3) is 0 Å². The van der Waals surface area contributed by atoms with Crippen molar-refractivity contribution < 1.29 is 9.90 Å². The van der Waals surface area contributed by atoms with Gasteiger partial charge in [-0.3, -0.25) is 0 Å². The molecule has 3 heteroatoms. The van der Waals surface area contributed by atoms with Crippen LogP contribution in [0.3, 0.4) is 0 Å². The summed E-state index contributed by atoms with van der Waals surface area (Å²) in [5.41, 5.74) is -1.04. The topological polar surface area (TPSA) is 37.3 Å². The zero-order valence-electron chi connectivity index (χ0n) is 12.6.